The fourth-order valence-electron chi connectivity index (χ4n) is 4.33. The van der Waals surface area contributed by atoms with Gasteiger partial charge in [0.15, 0.2) is 5.16 Å². The molecule has 1 saturated carbocycles. The number of imidazole rings is 1. The standard InChI is InChI=1S/C20H21N5O5S2.Na.H/c26-12(8-32-20-22-5-6-23-20)24-14-17(28)25-15(19(29)30)11(7-31-18(14)25)13(9-1-2-9)10-3-4-21-16(10)27;;/h5-6,9,14,18H,1-4,7-8H2,(H,21,27)(H,22,23)(H,24,26)(H,29,30);;/t14-,18-;;/m1../s1. The number of hydrogen-bond donors (Lipinski definition) is 4. The zero-order valence-electron chi connectivity index (χ0n) is 16.9. The third-order valence-corrected chi connectivity index (χ3v) is 8.05. The number of carboxylic acid groups (broad SMARTS) is 1. The Morgan fingerprint density at radius 1 is 1.33 bits per heavy atom. The Morgan fingerprint density at radius 2 is 2.12 bits per heavy atom. The van der Waals surface area contributed by atoms with E-state index in [1.807, 2.05) is 0 Å². The van der Waals surface area contributed by atoms with Crippen molar-refractivity contribution in [2.24, 2.45) is 5.92 Å². The first kappa shape index (κ1) is 24.4. The summed E-state index contributed by atoms with van der Waals surface area (Å²) < 4.78 is 0. The molecule has 4 aliphatic rings. The van der Waals surface area contributed by atoms with Crippen molar-refractivity contribution in [3.63, 3.8) is 0 Å². The third-order valence-electron chi connectivity index (χ3n) is 5.87. The first-order chi connectivity index (χ1) is 15.5. The molecule has 10 nitrogen and oxygen atoms in total. The minimum atomic E-state index is -1.19. The predicted molar refractivity (Wildman–Crippen MR) is 124 cm³/mol. The monoisotopic (exact) mass is 499 g/mol. The molecular weight excluding hydrogens is 477 g/mol. The molecule has 3 fully saturated rings. The van der Waals surface area contributed by atoms with Gasteiger partial charge in [-0.15, -0.1) is 11.8 Å². The fourth-order valence-corrected chi connectivity index (χ4v) is 6.33. The number of fused-ring (bicyclic) bond motifs is 1. The van der Waals surface area contributed by atoms with Gasteiger partial charge in [0.1, 0.15) is 17.1 Å². The van der Waals surface area contributed by atoms with E-state index in [-0.39, 0.29) is 58.7 Å². The number of carboxylic acids is 1. The maximum absolute atomic E-state index is 12.9. The van der Waals surface area contributed by atoms with Crippen molar-refractivity contribution in [2.45, 2.75) is 35.8 Å². The number of hydrogen-bond acceptors (Lipinski definition) is 7. The number of thioether (sulfide) groups is 2. The van der Waals surface area contributed by atoms with E-state index in [0.717, 1.165) is 18.4 Å². The summed E-state index contributed by atoms with van der Waals surface area (Å²) in [5.74, 6) is -1.45. The molecule has 3 amide bonds. The Kier molecular flexibility index (Phi) is 7.29. The first-order valence-corrected chi connectivity index (χ1v) is 12.3. The van der Waals surface area contributed by atoms with Gasteiger partial charge in [0.25, 0.3) is 5.91 Å². The fraction of sp³-hybridized carbons (Fsp3) is 0.450. The molecule has 0 aromatic carbocycles. The summed E-state index contributed by atoms with van der Waals surface area (Å²) in [5.41, 5.74) is 1.97. The van der Waals surface area contributed by atoms with E-state index in [4.69, 9.17) is 0 Å². The number of rotatable bonds is 7. The number of carbonyl (C=O) groups is 4. The third kappa shape index (κ3) is 4.63. The summed E-state index contributed by atoms with van der Waals surface area (Å²) in [6.45, 7) is 0.544. The van der Waals surface area contributed by atoms with Gasteiger partial charge in [-0.1, -0.05) is 11.8 Å². The molecule has 0 bridgehead atoms. The van der Waals surface area contributed by atoms with Crippen LogP contribution in [-0.2, 0) is 19.2 Å². The van der Waals surface area contributed by atoms with Gasteiger partial charge in [-0.25, -0.2) is 9.78 Å². The molecule has 2 atom stereocenters. The van der Waals surface area contributed by atoms with Gasteiger partial charge < -0.3 is 20.7 Å². The molecule has 1 aromatic heterocycles. The summed E-state index contributed by atoms with van der Waals surface area (Å²) in [6, 6.07) is -0.771. The number of β-lactam (4-membered cyclic amide) rings is 1. The molecule has 0 unspecified atom stereocenters. The number of aromatic nitrogens is 2. The maximum atomic E-state index is 12.9. The van der Waals surface area contributed by atoms with Crippen molar-refractivity contribution in [3.05, 3.63) is 34.8 Å². The molecule has 33 heavy (non-hydrogen) atoms. The Balaban J connectivity index is 0.00000259. The quantitative estimate of drug-likeness (QED) is 0.175. The molecule has 0 radical (unpaired) electrons. The summed E-state index contributed by atoms with van der Waals surface area (Å²) in [4.78, 5) is 58.0. The second-order valence-corrected chi connectivity index (χ2v) is 10.0. The van der Waals surface area contributed by atoms with Crippen molar-refractivity contribution in [2.75, 3.05) is 18.1 Å². The SMILES string of the molecule is O=C(CSc1ncc[nH]1)N[C@@H]1C(=O)N2C(C(=O)O)=C(C(=C3CCNC3=O)C3CC3)CS[C@H]12.[NaH]. The first-order valence-electron chi connectivity index (χ1n) is 10.3. The van der Waals surface area contributed by atoms with Gasteiger partial charge in [0.05, 0.1) is 5.75 Å². The second-order valence-electron chi connectivity index (χ2n) is 7.94. The predicted octanol–water partition coefficient (Wildman–Crippen LogP) is -0.182. The van der Waals surface area contributed by atoms with Crippen molar-refractivity contribution < 1.29 is 24.3 Å². The molecular formula is C20H22N5NaO5S2. The van der Waals surface area contributed by atoms with Crippen molar-refractivity contribution in [1.82, 2.24) is 25.5 Å². The normalized spacial score (nSPS) is 25.6. The molecule has 170 valence electrons. The van der Waals surface area contributed by atoms with Crippen LogP contribution < -0.4 is 10.6 Å². The molecule has 0 spiro atoms. The van der Waals surface area contributed by atoms with Crippen molar-refractivity contribution >= 4 is 76.8 Å². The number of H-pyrrole nitrogens is 1. The number of amides is 3. The number of aliphatic carboxylic acids is 1. The van der Waals surface area contributed by atoms with E-state index in [9.17, 15) is 24.3 Å². The molecule has 1 aliphatic carbocycles. The summed E-state index contributed by atoms with van der Waals surface area (Å²) in [7, 11) is 0. The van der Waals surface area contributed by atoms with Gasteiger partial charge in [0.2, 0.25) is 11.8 Å². The summed E-state index contributed by atoms with van der Waals surface area (Å²) in [5, 5.41) is 15.6. The molecule has 4 N–H and O–H groups in total. The zero-order chi connectivity index (χ0) is 22.4. The van der Waals surface area contributed by atoms with Crippen LogP contribution in [0.2, 0.25) is 0 Å². The molecule has 1 aromatic rings. The Hall–Kier alpha value is -1.73. The number of aromatic amines is 1. The summed E-state index contributed by atoms with van der Waals surface area (Å²) >= 11 is 2.64. The van der Waals surface area contributed by atoms with Gasteiger partial charge in [-0.2, -0.15) is 0 Å². The Morgan fingerprint density at radius 3 is 2.73 bits per heavy atom. The van der Waals surface area contributed by atoms with E-state index < -0.39 is 23.3 Å². The molecule has 4 heterocycles. The van der Waals surface area contributed by atoms with Crippen LogP contribution in [0.3, 0.4) is 0 Å². The van der Waals surface area contributed by atoms with Gasteiger partial charge in [-0.05, 0) is 36.3 Å². The average Bonchev–Trinajstić information content (AvgIpc) is 3.29. The number of nitrogens with zero attached hydrogens (tertiary/aromatic N) is 2. The van der Waals surface area contributed by atoms with Crippen molar-refractivity contribution in [1.29, 1.82) is 0 Å². The van der Waals surface area contributed by atoms with Gasteiger partial charge >= 0.3 is 35.5 Å². The number of carbonyl (C=O) groups excluding carboxylic acids is 3. The van der Waals surface area contributed by atoms with Gasteiger partial charge in [-0.3, -0.25) is 19.3 Å². The number of nitrogens with one attached hydrogen (secondary N) is 3. The Labute approximate surface area is 220 Å². The van der Waals surface area contributed by atoms with Crippen LogP contribution in [0.4, 0.5) is 0 Å². The van der Waals surface area contributed by atoms with Crippen LogP contribution in [0.1, 0.15) is 19.3 Å². The van der Waals surface area contributed by atoms with E-state index in [1.165, 1.54) is 28.4 Å². The van der Waals surface area contributed by atoms with E-state index in [1.54, 1.807) is 12.4 Å². The second kappa shape index (κ2) is 9.87. The summed E-state index contributed by atoms with van der Waals surface area (Å²) in [6.07, 6.45) is 5.64. The molecule has 3 aliphatic heterocycles. The molecule has 13 heteroatoms. The Bertz CT molecular complexity index is 1070. The van der Waals surface area contributed by atoms with Crippen LogP contribution in [0.15, 0.2) is 40.0 Å². The zero-order valence-corrected chi connectivity index (χ0v) is 18.6. The van der Waals surface area contributed by atoms with Crippen LogP contribution in [0.5, 0.6) is 0 Å². The van der Waals surface area contributed by atoms with E-state index >= 15 is 0 Å². The van der Waals surface area contributed by atoms with Gasteiger partial charge in [0, 0.05) is 30.3 Å². The van der Waals surface area contributed by atoms with Crippen LogP contribution >= 0.6 is 23.5 Å². The topological polar surface area (TPSA) is 144 Å². The van der Waals surface area contributed by atoms with E-state index in [0.29, 0.717) is 35.0 Å². The van der Waals surface area contributed by atoms with Crippen molar-refractivity contribution in [3.8, 4) is 0 Å². The van der Waals surface area contributed by atoms with Crippen LogP contribution in [0.25, 0.3) is 0 Å². The van der Waals surface area contributed by atoms with Crippen LogP contribution in [0, 0.1) is 5.92 Å². The van der Waals surface area contributed by atoms with Crippen LogP contribution in [-0.4, -0.2) is 103 Å². The van der Waals surface area contributed by atoms with E-state index in [2.05, 4.69) is 20.6 Å². The number of allylic oxidation sites excluding steroid dienone is 1. The minimum absolute atomic E-state index is 0. The molecule has 2 saturated heterocycles. The average molecular weight is 500 g/mol. The molecule has 5 rings (SSSR count).